The number of carbonyl (C=O) groups is 1. The summed E-state index contributed by atoms with van der Waals surface area (Å²) in [6.07, 6.45) is 1.73. The molecule has 0 aromatic heterocycles. The largest absolute Gasteiger partial charge is 0.366 e. The Bertz CT molecular complexity index is 595. The maximum absolute atomic E-state index is 11.5. The van der Waals surface area contributed by atoms with Crippen molar-refractivity contribution in [2.24, 2.45) is 5.73 Å². The Hall–Kier alpha value is -1.60. The molecule has 0 atom stereocenters. The lowest BCUT2D eigenvalue weighted by atomic mass is 10.0. The fraction of sp³-hybridized carbons (Fsp3) is 0.500. The number of primary amides is 1. The number of nitrogens with one attached hydrogen (secondary N) is 1. The van der Waals surface area contributed by atoms with E-state index >= 15 is 0 Å². The number of likely N-dealkylation sites (N-methyl/N-ethyl adjacent to an activating group) is 1. The topological polar surface area (TPSA) is 92.5 Å². The highest BCUT2D eigenvalue weighted by Gasteiger charge is 2.12. The van der Waals surface area contributed by atoms with Gasteiger partial charge in [-0.2, -0.15) is 0 Å². The van der Waals surface area contributed by atoms with Gasteiger partial charge in [-0.15, -0.1) is 0 Å². The third kappa shape index (κ3) is 5.73. The van der Waals surface area contributed by atoms with E-state index in [1.807, 2.05) is 0 Å². The number of benzene rings is 1. The molecule has 1 aromatic rings. The summed E-state index contributed by atoms with van der Waals surface area (Å²) >= 11 is 0. The van der Waals surface area contributed by atoms with Crippen LogP contribution in [-0.2, 0) is 16.4 Å². The molecular weight excluding hydrogens is 290 g/mol. The van der Waals surface area contributed by atoms with Crippen molar-refractivity contribution >= 4 is 21.6 Å². The predicted molar refractivity (Wildman–Crippen MR) is 84.9 cm³/mol. The van der Waals surface area contributed by atoms with Crippen molar-refractivity contribution in [3.05, 3.63) is 29.3 Å². The first-order chi connectivity index (χ1) is 9.76. The molecule has 0 bridgehead atoms. The van der Waals surface area contributed by atoms with E-state index in [1.54, 1.807) is 18.2 Å². The molecule has 7 heteroatoms. The molecule has 0 aliphatic rings. The molecule has 118 valence electrons. The number of amides is 1. The van der Waals surface area contributed by atoms with Gasteiger partial charge in [-0.05, 0) is 43.3 Å². The monoisotopic (exact) mass is 313 g/mol. The minimum Gasteiger partial charge on any atom is -0.366 e. The molecule has 1 aromatic carbocycles. The Labute approximate surface area is 126 Å². The number of anilines is 1. The van der Waals surface area contributed by atoms with Crippen molar-refractivity contribution < 1.29 is 13.2 Å². The fourth-order valence-corrected chi connectivity index (χ4v) is 2.69. The van der Waals surface area contributed by atoms with E-state index in [0.29, 0.717) is 17.7 Å². The zero-order valence-corrected chi connectivity index (χ0v) is 13.5. The molecule has 0 saturated heterocycles. The van der Waals surface area contributed by atoms with Gasteiger partial charge in [-0.3, -0.25) is 9.52 Å². The maximum atomic E-state index is 11.5. The van der Waals surface area contributed by atoms with E-state index in [9.17, 15) is 13.2 Å². The molecule has 1 rings (SSSR count). The molecule has 1 amide bonds. The van der Waals surface area contributed by atoms with E-state index in [2.05, 4.69) is 23.5 Å². The van der Waals surface area contributed by atoms with Crippen LogP contribution >= 0.6 is 0 Å². The van der Waals surface area contributed by atoms with Gasteiger partial charge in [0.15, 0.2) is 0 Å². The summed E-state index contributed by atoms with van der Waals surface area (Å²) in [7, 11) is -3.34. The first-order valence-electron chi connectivity index (χ1n) is 6.89. The number of hydrogen-bond donors (Lipinski definition) is 2. The maximum Gasteiger partial charge on any atom is 0.248 e. The molecule has 0 unspecified atom stereocenters. The molecule has 0 aliphatic heterocycles. The molecule has 0 fully saturated rings. The van der Waals surface area contributed by atoms with Crippen LogP contribution in [0.1, 0.15) is 29.8 Å². The highest BCUT2D eigenvalue weighted by atomic mass is 32.2. The predicted octanol–water partition coefficient (Wildman–Crippen LogP) is 1.04. The van der Waals surface area contributed by atoms with Gasteiger partial charge < -0.3 is 10.6 Å². The van der Waals surface area contributed by atoms with Crippen LogP contribution in [0.25, 0.3) is 0 Å². The Morgan fingerprint density at radius 3 is 2.38 bits per heavy atom. The Kier molecular flexibility index (Phi) is 6.17. The Balaban J connectivity index is 3.01. The number of rotatable bonds is 8. The van der Waals surface area contributed by atoms with Crippen LogP contribution in [-0.4, -0.2) is 45.1 Å². The highest BCUT2D eigenvalue weighted by Crippen LogP contribution is 2.18. The smallest absolute Gasteiger partial charge is 0.248 e. The average molecular weight is 313 g/mol. The summed E-state index contributed by atoms with van der Waals surface area (Å²) < 4.78 is 25.0. The van der Waals surface area contributed by atoms with Crippen molar-refractivity contribution in [3.63, 3.8) is 0 Å². The lowest BCUT2D eigenvalue weighted by molar-refractivity contribution is 0.0999. The van der Waals surface area contributed by atoms with Crippen LogP contribution in [0, 0.1) is 0 Å². The lowest BCUT2D eigenvalue weighted by Gasteiger charge is -2.19. The second-order valence-electron chi connectivity index (χ2n) is 4.89. The average Bonchev–Trinajstić information content (AvgIpc) is 2.37. The highest BCUT2D eigenvalue weighted by molar-refractivity contribution is 7.92. The van der Waals surface area contributed by atoms with Crippen LogP contribution < -0.4 is 10.5 Å². The quantitative estimate of drug-likeness (QED) is 0.750. The Morgan fingerprint density at radius 1 is 1.29 bits per heavy atom. The third-order valence-electron chi connectivity index (χ3n) is 3.27. The summed E-state index contributed by atoms with van der Waals surface area (Å²) in [5.74, 6) is -0.504. The van der Waals surface area contributed by atoms with E-state index < -0.39 is 15.9 Å². The zero-order chi connectivity index (χ0) is 16.0. The minimum absolute atomic E-state index is 0.432. The fourth-order valence-electron chi connectivity index (χ4n) is 2.14. The molecule has 0 radical (unpaired) electrons. The van der Waals surface area contributed by atoms with E-state index in [4.69, 9.17) is 5.73 Å². The van der Waals surface area contributed by atoms with Gasteiger partial charge in [-0.1, -0.05) is 13.8 Å². The first-order valence-corrected chi connectivity index (χ1v) is 8.78. The number of nitrogens with two attached hydrogens (primary N) is 1. The van der Waals surface area contributed by atoms with Crippen LogP contribution in [0.5, 0.6) is 0 Å². The van der Waals surface area contributed by atoms with Gasteiger partial charge in [-0.25, -0.2) is 8.42 Å². The molecule has 21 heavy (non-hydrogen) atoms. The van der Waals surface area contributed by atoms with Crippen LogP contribution in [0.2, 0.25) is 0 Å². The van der Waals surface area contributed by atoms with Gasteiger partial charge in [0.2, 0.25) is 15.9 Å². The molecule has 0 spiro atoms. The van der Waals surface area contributed by atoms with Gasteiger partial charge in [0, 0.05) is 17.8 Å². The first kappa shape index (κ1) is 17.5. The van der Waals surface area contributed by atoms with Crippen molar-refractivity contribution in [2.45, 2.75) is 20.3 Å². The molecule has 3 N–H and O–H groups in total. The van der Waals surface area contributed by atoms with Crippen LogP contribution in [0.3, 0.4) is 0 Å². The number of sulfonamides is 1. The molecule has 6 nitrogen and oxygen atoms in total. The molecule has 0 heterocycles. The summed E-state index contributed by atoms with van der Waals surface area (Å²) in [6.45, 7) is 6.77. The summed E-state index contributed by atoms with van der Waals surface area (Å²) in [6, 6.07) is 4.78. The lowest BCUT2D eigenvalue weighted by Crippen LogP contribution is -2.26. The standard InChI is InChI=1S/C14H23N3O3S/c1-4-17(5-2)9-8-11-10-12(16-21(3,19)20)6-7-13(11)14(15)18/h6-7,10,16H,4-5,8-9H2,1-3H3,(H2,15,18). The molecular formula is C14H23N3O3S. The molecule has 0 aliphatic carbocycles. The number of hydrogen-bond acceptors (Lipinski definition) is 4. The minimum atomic E-state index is -3.34. The third-order valence-corrected chi connectivity index (χ3v) is 3.87. The van der Waals surface area contributed by atoms with Crippen LogP contribution in [0.4, 0.5) is 5.69 Å². The zero-order valence-electron chi connectivity index (χ0n) is 12.7. The van der Waals surface area contributed by atoms with Crippen molar-refractivity contribution in [2.75, 3.05) is 30.6 Å². The van der Waals surface area contributed by atoms with Crippen molar-refractivity contribution in [3.8, 4) is 0 Å². The van der Waals surface area contributed by atoms with E-state index in [-0.39, 0.29) is 0 Å². The summed E-state index contributed by atoms with van der Waals surface area (Å²) in [5, 5.41) is 0. The summed E-state index contributed by atoms with van der Waals surface area (Å²) in [5.41, 5.74) is 7.00. The van der Waals surface area contributed by atoms with E-state index in [0.717, 1.165) is 31.5 Å². The number of nitrogens with zero attached hydrogens (tertiary/aromatic N) is 1. The SMILES string of the molecule is CCN(CC)CCc1cc(NS(C)(=O)=O)ccc1C(N)=O. The normalized spacial score (nSPS) is 11.6. The Morgan fingerprint density at radius 2 is 1.90 bits per heavy atom. The van der Waals surface area contributed by atoms with Crippen molar-refractivity contribution in [1.29, 1.82) is 0 Å². The van der Waals surface area contributed by atoms with Gasteiger partial charge >= 0.3 is 0 Å². The second-order valence-corrected chi connectivity index (χ2v) is 6.64. The van der Waals surface area contributed by atoms with E-state index in [1.165, 1.54) is 0 Å². The van der Waals surface area contributed by atoms with Gasteiger partial charge in [0.1, 0.15) is 0 Å². The number of carbonyl (C=O) groups excluding carboxylic acids is 1. The second kappa shape index (κ2) is 7.42. The van der Waals surface area contributed by atoms with Crippen LogP contribution in [0.15, 0.2) is 18.2 Å². The summed E-state index contributed by atoms with van der Waals surface area (Å²) in [4.78, 5) is 13.7. The van der Waals surface area contributed by atoms with Gasteiger partial charge in [0.05, 0.1) is 6.26 Å². The molecule has 0 saturated carbocycles. The van der Waals surface area contributed by atoms with Gasteiger partial charge in [0.25, 0.3) is 0 Å². The van der Waals surface area contributed by atoms with Crippen molar-refractivity contribution in [1.82, 2.24) is 4.90 Å².